The summed E-state index contributed by atoms with van der Waals surface area (Å²) in [6.45, 7) is 2.58. The molecule has 0 fully saturated rings. The molecule has 29 heavy (non-hydrogen) atoms. The Morgan fingerprint density at radius 1 is 0.966 bits per heavy atom. The van der Waals surface area contributed by atoms with Crippen LogP contribution >= 0.6 is 0 Å². The number of benzene rings is 2. The molecule has 0 atom stereocenters. The van der Waals surface area contributed by atoms with Crippen LogP contribution in [0.5, 0.6) is 17.2 Å². The largest absolute Gasteiger partial charge is 0.497 e. The highest BCUT2D eigenvalue weighted by Crippen LogP contribution is 2.33. The number of hydrogen-bond donors (Lipinski definition) is 1. The summed E-state index contributed by atoms with van der Waals surface area (Å²) in [5, 5.41) is 11.4. The summed E-state index contributed by atoms with van der Waals surface area (Å²) in [7, 11) is 3.18. The lowest BCUT2D eigenvalue weighted by atomic mass is 10.1. The van der Waals surface area contributed by atoms with Gasteiger partial charge in [0.05, 0.1) is 32.1 Å². The van der Waals surface area contributed by atoms with E-state index in [9.17, 15) is 0 Å². The fourth-order valence-corrected chi connectivity index (χ4v) is 2.89. The molecule has 8 heteroatoms. The summed E-state index contributed by atoms with van der Waals surface area (Å²) in [6, 6.07) is 15.0. The van der Waals surface area contributed by atoms with Crippen LogP contribution in [0.4, 0.5) is 0 Å². The maximum atomic E-state index is 5.47. The predicted molar refractivity (Wildman–Crippen MR) is 107 cm³/mol. The first kappa shape index (κ1) is 18.5. The lowest BCUT2D eigenvalue weighted by molar-refractivity contribution is 0.340. The zero-order valence-corrected chi connectivity index (χ0v) is 16.3. The van der Waals surface area contributed by atoms with Gasteiger partial charge in [-0.1, -0.05) is 5.16 Å². The Morgan fingerprint density at radius 2 is 1.76 bits per heavy atom. The minimum absolute atomic E-state index is 0.336. The van der Waals surface area contributed by atoms with Gasteiger partial charge in [-0.25, -0.2) is 0 Å². The fraction of sp³-hybridized carbons (Fsp3) is 0.190. The monoisotopic (exact) mass is 392 g/mol. The van der Waals surface area contributed by atoms with Crippen molar-refractivity contribution in [2.24, 2.45) is 0 Å². The fourth-order valence-electron chi connectivity index (χ4n) is 2.89. The Bertz CT molecular complexity index is 1100. The van der Waals surface area contributed by atoms with Crippen LogP contribution in [0.3, 0.4) is 0 Å². The van der Waals surface area contributed by atoms with Crippen LogP contribution in [0.25, 0.3) is 34.2 Å². The highest BCUT2D eigenvalue weighted by Gasteiger charge is 2.17. The predicted octanol–water partition coefficient (Wildman–Crippen LogP) is 4.21. The number of aromatic nitrogens is 4. The van der Waals surface area contributed by atoms with E-state index in [4.69, 9.17) is 18.7 Å². The molecular weight excluding hydrogens is 372 g/mol. The first-order chi connectivity index (χ1) is 14.2. The number of ether oxygens (including phenoxy) is 3. The zero-order chi connectivity index (χ0) is 20.2. The van der Waals surface area contributed by atoms with Gasteiger partial charge in [0.1, 0.15) is 22.9 Å². The second kappa shape index (κ2) is 8.05. The molecule has 0 unspecified atom stereocenters. The van der Waals surface area contributed by atoms with E-state index >= 15 is 0 Å². The smallest absolute Gasteiger partial charge is 0.276 e. The third kappa shape index (κ3) is 3.77. The quantitative estimate of drug-likeness (QED) is 0.503. The van der Waals surface area contributed by atoms with Crippen molar-refractivity contribution < 1.29 is 18.7 Å². The van der Waals surface area contributed by atoms with Crippen LogP contribution in [-0.4, -0.2) is 41.2 Å². The van der Waals surface area contributed by atoms with Crippen molar-refractivity contribution in [3.8, 4) is 51.5 Å². The maximum absolute atomic E-state index is 5.47. The summed E-state index contributed by atoms with van der Waals surface area (Å²) in [5.74, 6) is 2.85. The molecule has 1 N–H and O–H groups in total. The number of rotatable bonds is 7. The summed E-state index contributed by atoms with van der Waals surface area (Å²) in [4.78, 5) is 4.47. The van der Waals surface area contributed by atoms with Crippen molar-refractivity contribution in [1.29, 1.82) is 0 Å². The van der Waals surface area contributed by atoms with E-state index in [1.165, 1.54) is 0 Å². The van der Waals surface area contributed by atoms with E-state index in [1.807, 2.05) is 49.4 Å². The lowest BCUT2D eigenvalue weighted by Crippen LogP contribution is -1.91. The molecule has 0 aliphatic carbocycles. The van der Waals surface area contributed by atoms with E-state index in [0.717, 1.165) is 17.0 Å². The molecule has 2 heterocycles. The summed E-state index contributed by atoms with van der Waals surface area (Å²) >= 11 is 0. The third-order valence-electron chi connectivity index (χ3n) is 4.34. The topological polar surface area (TPSA) is 95.3 Å². The molecule has 0 aliphatic heterocycles. The zero-order valence-electron chi connectivity index (χ0n) is 16.3. The van der Waals surface area contributed by atoms with E-state index in [0.29, 0.717) is 41.1 Å². The van der Waals surface area contributed by atoms with Gasteiger partial charge in [-0.15, -0.1) is 0 Å². The van der Waals surface area contributed by atoms with Gasteiger partial charge >= 0.3 is 0 Å². The first-order valence-corrected chi connectivity index (χ1v) is 9.07. The molecule has 4 aromatic rings. The van der Waals surface area contributed by atoms with Crippen LogP contribution < -0.4 is 14.2 Å². The number of hydrogen-bond acceptors (Lipinski definition) is 7. The van der Waals surface area contributed by atoms with Crippen LogP contribution in [-0.2, 0) is 0 Å². The van der Waals surface area contributed by atoms with Gasteiger partial charge in [-0.3, -0.25) is 5.10 Å². The van der Waals surface area contributed by atoms with E-state index in [2.05, 4.69) is 20.3 Å². The summed E-state index contributed by atoms with van der Waals surface area (Å²) in [6.07, 6.45) is 0. The minimum atomic E-state index is 0.336. The Kier molecular flexibility index (Phi) is 5.15. The van der Waals surface area contributed by atoms with Crippen molar-refractivity contribution in [3.63, 3.8) is 0 Å². The van der Waals surface area contributed by atoms with Gasteiger partial charge in [0.25, 0.3) is 5.89 Å². The average Bonchev–Trinajstić information content (AvgIpc) is 3.44. The molecule has 4 rings (SSSR count). The molecule has 0 radical (unpaired) electrons. The summed E-state index contributed by atoms with van der Waals surface area (Å²) < 4.78 is 21.5. The maximum Gasteiger partial charge on any atom is 0.276 e. The Hall–Kier alpha value is -3.81. The van der Waals surface area contributed by atoms with Crippen LogP contribution in [0, 0.1) is 0 Å². The van der Waals surface area contributed by atoms with Gasteiger partial charge < -0.3 is 18.7 Å². The Balaban J connectivity index is 1.59. The highest BCUT2D eigenvalue weighted by atomic mass is 16.5. The van der Waals surface area contributed by atoms with E-state index < -0.39 is 0 Å². The minimum Gasteiger partial charge on any atom is -0.497 e. The normalized spacial score (nSPS) is 10.7. The van der Waals surface area contributed by atoms with Gasteiger partial charge in [-0.2, -0.15) is 10.1 Å². The van der Waals surface area contributed by atoms with Crippen molar-refractivity contribution >= 4 is 0 Å². The van der Waals surface area contributed by atoms with Crippen molar-refractivity contribution in [3.05, 3.63) is 48.5 Å². The van der Waals surface area contributed by atoms with Crippen LogP contribution in [0.2, 0.25) is 0 Å². The highest BCUT2D eigenvalue weighted by molar-refractivity contribution is 5.68. The van der Waals surface area contributed by atoms with Crippen molar-refractivity contribution in [1.82, 2.24) is 20.3 Å². The van der Waals surface area contributed by atoms with E-state index in [1.54, 1.807) is 20.3 Å². The third-order valence-corrected chi connectivity index (χ3v) is 4.34. The number of nitrogens with one attached hydrogen (secondary N) is 1. The lowest BCUT2D eigenvalue weighted by Gasteiger charge is -2.07. The summed E-state index contributed by atoms with van der Waals surface area (Å²) in [5.41, 5.74) is 3.05. The number of nitrogens with zero attached hydrogens (tertiary/aromatic N) is 3. The Labute approximate surface area is 167 Å². The SMILES string of the molecule is CCOc1ccc(-c2cc(-c3nc(-c4ccc(OC)cc4OC)no3)[nH]n2)cc1. The molecule has 0 amide bonds. The van der Waals surface area contributed by atoms with Crippen LogP contribution in [0.1, 0.15) is 6.92 Å². The first-order valence-electron chi connectivity index (χ1n) is 9.07. The van der Waals surface area contributed by atoms with Gasteiger partial charge in [0.15, 0.2) is 0 Å². The van der Waals surface area contributed by atoms with Gasteiger partial charge in [0, 0.05) is 11.6 Å². The molecule has 0 aliphatic rings. The van der Waals surface area contributed by atoms with Gasteiger partial charge in [-0.05, 0) is 49.4 Å². The second-order valence-electron chi connectivity index (χ2n) is 6.11. The second-order valence-corrected chi connectivity index (χ2v) is 6.11. The van der Waals surface area contributed by atoms with Gasteiger partial charge in [0.2, 0.25) is 5.82 Å². The molecular formula is C21H20N4O4. The molecule has 2 aromatic heterocycles. The van der Waals surface area contributed by atoms with Crippen molar-refractivity contribution in [2.75, 3.05) is 20.8 Å². The molecule has 0 spiro atoms. The molecule has 0 saturated heterocycles. The molecule has 0 bridgehead atoms. The standard InChI is InChI=1S/C21H20N4O4/c1-4-28-14-7-5-13(6-8-14)17-12-18(24-23-17)21-22-20(25-29-21)16-10-9-15(26-2)11-19(16)27-3/h5-12H,4H2,1-3H3,(H,23,24). The number of methoxy groups -OCH3 is 2. The molecule has 0 saturated carbocycles. The molecule has 8 nitrogen and oxygen atoms in total. The molecule has 148 valence electrons. The number of aromatic amines is 1. The Morgan fingerprint density at radius 3 is 2.48 bits per heavy atom. The average molecular weight is 392 g/mol. The molecule has 2 aromatic carbocycles. The van der Waals surface area contributed by atoms with E-state index in [-0.39, 0.29) is 0 Å². The van der Waals surface area contributed by atoms with Crippen molar-refractivity contribution in [2.45, 2.75) is 6.92 Å². The number of H-pyrrole nitrogens is 1. The van der Waals surface area contributed by atoms with Crippen LogP contribution in [0.15, 0.2) is 53.1 Å².